The summed E-state index contributed by atoms with van der Waals surface area (Å²) in [6.45, 7) is 4.19. The number of aliphatic hydroxyl groups excluding tert-OH is 1. The third-order valence-electron chi connectivity index (χ3n) is 9.64. The SMILES string of the molecule is N#Cc1ccc(N2CCN(C(=O)N3CCC[C@H](NC(=O)C45CC6CC(C4)C(O)C(C6)C5)C3)CC2)cc1. The summed E-state index contributed by atoms with van der Waals surface area (Å²) in [6, 6.07) is 9.84. The molecule has 192 valence electrons. The van der Waals surface area contributed by atoms with Crippen LogP contribution in [0, 0.1) is 34.5 Å². The maximum absolute atomic E-state index is 13.5. The average molecular weight is 492 g/mol. The topological polar surface area (TPSA) is 99.9 Å². The van der Waals surface area contributed by atoms with Gasteiger partial charge in [0.15, 0.2) is 0 Å². The molecule has 6 fully saturated rings. The van der Waals surface area contributed by atoms with E-state index in [1.165, 1.54) is 0 Å². The van der Waals surface area contributed by atoms with Crippen molar-refractivity contribution in [2.24, 2.45) is 23.2 Å². The van der Waals surface area contributed by atoms with E-state index >= 15 is 0 Å². The highest BCUT2D eigenvalue weighted by molar-refractivity contribution is 5.83. The van der Waals surface area contributed by atoms with Crippen LogP contribution in [0.1, 0.15) is 50.5 Å². The van der Waals surface area contributed by atoms with Crippen LogP contribution >= 0.6 is 0 Å². The van der Waals surface area contributed by atoms with E-state index in [9.17, 15) is 14.7 Å². The van der Waals surface area contributed by atoms with Crippen molar-refractivity contribution in [3.63, 3.8) is 0 Å². The molecule has 3 amide bonds. The number of piperidine rings is 1. The Morgan fingerprint density at radius 1 is 0.972 bits per heavy atom. The maximum Gasteiger partial charge on any atom is 0.320 e. The molecule has 4 bridgehead atoms. The number of hydrogen-bond donors (Lipinski definition) is 2. The van der Waals surface area contributed by atoms with Crippen LogP contribution in [0.15, 0.2) is 24.3 Å². The van der Waals surface area contributed by atoms with Gasteiger partial charge in [-0.25, -0.2) is 4.79 Å². The normalized spacial score (nSPS) is 35.4. The van der Waals surface area contributed by atoms with Crippen molar-refractivity contribution in [2.75, 3.05) is 44.2 Å². The second-order valence-corrected chi connectivity index (χ2v) is 11.9. The summed E-state index contributed by atoms with van der Waals surface area (Å²) in [4.78, 5) is 33.0. The molecule has 2 unspecified atom stereocenters. The second-order valence-electron chi connectivity index (χ2n) is 11.9. The molecular formula is C28H37N5O3. The monoisotopic (exact) mass is 491 g/mol. The van der Waals surface area contributed by atoms with Crippen LogP contribution < -0.4 is 10.2 Å². The van der Waals surface area contributed by atoms with Gasteiger partial charge in [-0.05, 0) is 87.0 Å². The number of aliphatic hydroxyl groups is 1. The average Bonchev–Trinajstić information content (AvgIpc) is 2.91. The van der Waals surface area contributed by atoms with Crippen LogP contribution in [0.5, 0.6) is 0 Å². The van der Waals surface area contributed by atoms with Gasteiger partial charge < -0.3 is 25.1 Å². The molecule has 8 nitrogen and oxygen atoms in total. The van der Waals surface area contributed by atoms with Crippen LogP contribution in [0.25, 0.3) is 0 Å². The largest absolute Gasteiger partial charge is 0.393 e. The maximum atomic E-state index is 13.5. The molecule has 36 heavy (non-hydrogen) atoms. The summed E-state index contributed by atoms with van der Waals surface area (Å²) in [6.07, 6.45) is 6.38. The number of carbonyl (C=O) groups excluding carboxylic acids is 2. The van der Waals surface area contributed by atoms with Crippen LogP contribution in [-0.2, 0) is 4.79 Å². The molecule has 2 heterocycles. The van der Waals surface area contributed by atoms with E-state index < -0.39 is 0 Å². The van der Waals surface area contributed by atoms with Crippen molar-refractivity contribution in [1.29, 1.82) is 5.26 Å². The van der Waals surface area contributed by atoms with Gasteiger partial charge in [-0.15, -0.1) is 0 Å². The van der Waals surface area contributed by atoms with Crippen LogP contribution in [0.2, 0.25) is 0 Å². The highest BCUT2D eigenvalue weighted by atomic mass is 16.3. The molecule has 7 rings (SSSR count). The van der Waals surface area contributed by atoms with Gasteiger partial charge in [0.05, 0.1) is 23.2 Å². The first kappa shape index (κ1) is 23.6. The summed E-state index contributed by atoms with van der Waals surface area (Å²) in [5.41, 5.74) is 1.43. The molecule has 1 aromatic carbocycles. The number of nitrogens with one attached hydrogen (secondary N) is 1. The van der Waals surface area contributed by atoms with Gasteiger partial charge in [0.1, 0.15) is 0 Å². The number of likely N-dealkylation sites (tertiary alicyclic amines) is 1. The minimum Gasteiger partial charge on any atom is -0.393 e. The molecule has 4 aliphatic carbocycles. The standard InChI is InChI=1S/C28H37N5O3/c29-17-19-3-5-24(6-4-19)31-8-10-32(11-9-31)27(36)33-7-1-2-23(18-33)30-26(35)28-14-20-12-21(15-28)25(34)22(13-20)16-28/h3-6,20-23,25,34H,1-2,7-16,18H2,(H,30,35)/t20?,21?,22?,23-,25?,28?/m0/s1. The molecule has 2 N–H and O–H groups in total. The van der Waals surface area contributed by atoms with E-state index in [4.69, 9.17) is 5.26 Å². The Balaban J connectivity index is 1.03. The molecule has 4 saturated carbocycles. The van der Waals surface area contributed by atoms with Gasteiger partial charge in [0.2, 0.25) is 5.91 Å². The molecule has 8 heteroatoms. The molecule has 3 atom stereocenters. The van der Waals surface area contributed by atoms with Crippen LogP contribution in [0.3, 0.4) is 0 Å². The lowest BCUT2D eigenvalue weighted by Gasteiger charge is -2.58. The van der Waals surface area contributed by atoms with E-state index in [-0.39, 0.29) is 41.3 Å². The Hall–Kier alpha value is -2.79. The molecule has 0 radical (unpaired) electrons. The van der Waals surface area contributed by atoms with Crippen molar-refractivity contribution in [2.45, 2.75) is 57.1 Å². The fourth-order valence-corrected chi connectivity index (χ4v) is 7.99. The quantitative estimate of drug-likeness (QED) is 0.677. The summed E-state index contributed by atoms with van der Waals surface area (Å²) in [5, 5.41) is 22.9. The van der Waals surface area contributed by atoms with Gasteiger partial charge in [-0.1, -0.05) is 0 Å². The van der Waals surface area contributed by atoms with Gasteiger partial charge in [0.25, 0.3) is 0 Å². The van der Waals surface area contributed by atoms with Crippen LogP contribution in [0.4, 0.5) is 10.5 Å². The number of amides is 3. The van der Waals surface area contributed by atoms with Crippen molar-refractivity contribution in [1.82, 2.24) is 15.1 Å². The van der Waals surface area contributed by atoms with E-state index in [0.717, 1.165) is 70.3 Å². The minimum atomic E-state index is -0.302. The lowest BCUT2D eigenvalue weighted by Crippen LogP contribution is -2.61. The molecule has 2 saturated heterocycles. The highest BCUT2D eigenvalue weighted by Gasteiger charge is 2.58. The van der Waals surface area contributed by atoms with Gasteiger partial charge in [-0.3, -0.25) is 4.79 Å². The number of benzene rings is 1. The zero-order chi connectivity index (χ0) is 24.9. The second kappa shape index (κ2) is 9.26. The number of rotatable bonds is 3. The van der Waals surface area contributed by atoms with E-state index in [0.29, 0.717) is 31.1 Å². The number of piperazine rings is 1. The Bertz CT molecular complexity index is 1030. The number of urea groups is 1. The van der Waals surface area contributed by atoms with Crippen LogP contribution in [-0.4, -0.2) is 78.3 Å². The molecule has 0 aromatic heterocycles. The molecule has 6 aliphatic rings. The summed E-state index contributed by atoms with van der Waals surface area (Å²) in [5.74, 6) is 1.33. The predicted molar refractivity (Wildman–Crippen MR) is 135 cm³/mol. The first-order chi connectivity index (χ1) is 17.4. The minimum absolute atomic E-state index is 0.00747. The Kier molecular flexibility index (Phi) is 6.07. The van der Waals surface area contributed by atoms with Crippen molar-refractivity contribution in [3.05, 3.63) is 29.8 Å². The first-order valence-electron chi connectivity index (χ1n) is 13.7. The third kappa shape index (κ3) is 4.21. The number of hydrogen-bond acceptors (Lipinski definition) is 5. The Morgan fingerprint density at radius 2 is 1.67 bits per heavy atom. The third-order valence-corrected chi connectivity index (χ3v) is 9.64. The highest BCUT2D eigenvalue weighted by Crippen LogP contribution is 2.60. The van der Waals surface area contributed by atoms with Crippen molar-refractivity contribution >= 4 is 17.6 Å². The predicted octanol–water partition coefficient (Wildman–Crippen LogP) is 2.57. The fraction of sp³-hybridized carbons (Fsp3) is 0.679. The van der Waals surface area contributed by atoms with E-state index in [1.807, 2.05) is 34.1 Å². The van der Waals surface area contributed by atoms with E-state index in [1.54, 1.807) is 0 Å². The zero-order valence-corrected chi connectivity index (χ0v) is 20.9. The number of anilines is 1. The fourth-order valence-electron chi connectivity index (χ4n) is 7.99. The molecule has 2 aliphatic heterocycles. The molecule has 0 spiro atoms. The van der Waals surface area contributed by atoms with E-state index in [2.05, 4.69) is 16.3 Å². The number of carbonyl (C=O) groups is 2. The first-order valence-corrected chi connectivity index (χ1v) is 13.7. The Morgan fingerprint density at radius 3 is 2.33 bits per heavy atom. The number of nitriles is 1. The lowest BCUT2D eigenvalue weighted by atomic mass is 9.48. The smallest absolute Gasteiger partial charge is 0.320 e. The zero-order valence-electron chi connectivity index (χ0n) is 20.9. The van der Waals surface area contributed by atoms with Crippen molar-refractivity contribution in [3.8, 4) is 6.07 Å². The summed E-state index contributed by atoms with van der Waals surface area (Å²) in [7, 11) is 0. The summed E-state index contributed by atoms with van der Waals surface area (Å²) >= 11 is 0. The lowest BCUT2D eigenvalue weighted by molar-refractivity contribution is -0.163. The number of nitrogens with zero attached hydrogens (tertiary/aromatic N) is 4. The Labute approximate surface area is 213 Å². The van der Waals surface area contributed by atoms with Crippen molar-refractivity contribution < 1.29 is 14.7 Å². The van der Waals surface area contributed by atoms with Gasteiger partial charge in [-0.2, -0.15) is 5.26 Å². The summed E-state index contributed by atoms with van der Waals surface area (Å²) < 4.78 is 0. The van der Waals surface area contributed by atoms with Gasteiger partial charge >= 0.3 is 6.03 Å². The van der Waals surface area contributed by atoms with Gasteiger partial charge in [0, 0.05) is 51.0 Å². The molecule has 1 aromatic rings. The molecular weight excluding hydrogens is 454 g/mol.